The first kappa shape index (κ1) is 15.6. The molecule has 1 saturated heterocycles. The van der Waals surface area contributed by atoms with Gasteiger partial charge in [-0.05, 0) is 33.6 Å². The van der Waals surface area contributed by atoms with Crippen molar-refractivity contribution >= 4 is 17.4 Å². The molecule has 2 aromatic rings. The van der Waals surface area contributed by atoms with Crippen LogP contribution in [0.25, 0.3) is 0 Å². The Balaban J connectivity index is 1.73. The summed E-state index contributed by atoms with van der Waals surface area (Å²) in [5, 5.41) is 12.0. The van der Waals surface area contributed by atoms with Gasteiger partial charge >= 0.3 is 0 Å². The van der Waals surface area contributed by atoms with Gasteiger partial charge in [-0.1, -0.05) is 0 Å². The van der Waals surface area contributed by atoms with E-state index < -0.39 is 0 Å². The Labute approximate surface area is 136 Å². The first-order valence-corrected chi connectivity index (χ1v) is 7.97. The standard InChI is InChI=1S/C16H24N6O/c1-16(2,3)22-11-12(10-17-22)18-13-6-5-8-21(15(13)23)14-7-9-20(4)19-14/h7,9-11,13,18H,5-6,8H2,1-4H3/t13-/m1/s1. The fourth-order valence-corrected chi connectivity index (χ4v) is 2.75. The number of hydrogen-bond acceptors (Lipinski definition) is 4. The number of aryl methyl sites for hydroxylation is 1. The maximum absolute atomic E-state index is 12.7. The lowest BCUT2D eigenvalue weighted by Crippen LogP contribution is -2.48. The maximum atomic E-state index is 12.7. The third kappa shape index (κ3) is 3.23. The van der Waals surface area contributed by atoms with Crippen molar-refractivity contribution in [1.29, 1.82) is 0 Å². The van der Waals surface area contributed by atoms with Gasteiger partial charge < -0.3 is 5.32 Å². The minimum atomic E-state index is -0.233. The molecule has 1 atom stereocenters. The van der Waals surface area contributed by atoms with E-state index in [-0.39, 0.29) is 17.5 Å². The molecule has 23 heavy (non-hydrogen) atoms. The van der Waals surface area contributed by atoms with Crippen molar-refractivity contribution < 1.29 is 4.79 Å². The molecule has 7 heteroatoms. The number of aromatic nitrogens is 4. The van der Waals surface area contributed by atoms with Crippen molar-refractivity contribution in [2.45, 2.75) is 45.2 Å². The molecule has 2 aromatic heterocycles. The van der Waals surface area contributed by atoms with Gasteiger partial charge in [-0.15, -0.1) is 0 Å². The highest BCUT2D eigenvalue weighted by molar-refractivity contribution is 5.98. The van der Waals surface area contributed by atoms with Crippen molar-refractivity contribution in [2.75, 3.05) is 16.8 Å². The normalized spacial score (nSPS) is 19.2. The van der Waals surface area contributed by atoms with Crippen LogP contribution in [0.15, 0.2) is 24.7 Å². The van der Waals surface area contributed by atoms with E-state index in [4.69, 9.17) is 0 Å². The summed E-state index contributed by atoms with van der Waals surface area (Å²) < 4.78 is 3.62. The van der Waals surface area contributed by atoms with E-state index in [0.29, 0.717) is 0 Å². The molecule has 1 aliphatic rings. The van der Waals surface area contributed by atoms with Gasteiger partial charge in [0, 0.05) is 32.1 Å². The molecule has 1 N–H and O–H groups in total. The number of amides is 1. The Morgan fingerprint density at radius 1 is 1.35 bits per heavy atom. The zero-order chi connectivity index (χ0) is 16.6. The molecule has 1 fully saturated rings. The molecule has 7 nitrogen and oxygen atoms in total. The average molecular weight is 316 g/mol. The highest BCUT2D eigenvalue weighted by Crippen LogP contribution is 2.22. The molecule has 3 rings (SSSR count). The average Bonchev–Trinajstić information content (AvgIpc) is 3.10. The second-order valence-electron chi connectivity index (χ2n) is 7.02. The number of hydrogen-bond donors (Lipinski definition) is 1. The van der Waals surface area contributed by atoms with Gasteiger partial charge in [0.2, 0.25) is 0 Å². The van der Waals surface area contributed by atoms with E-state index in [1.165, 1.54) is 0 Å². The SMILES string of the molecule is Cn1ccc(N2CCC[C@@H](Nc3cnn(C(C)(C)C)c3)C2=O)n1. The molecule has 0 saturated carbocycles. The van der Waals surface area contributed by atoms with Gasteiger partial charge in [-0.3, -0.25) is 19.1 Å². The first-order chi connectivity index (χ1) is 10.8. The van der Waals surface area contributed by atoms with Crippen molar-refractivity contribution in [3.63, 3.8) is 0 Å². The summed E-state index contributed by atoms with van der Waals surface area (Å²) in [5.41, 5.74) is 0.803. The van der Waals surface area contributed by atoms with E-state index in [0.717, 1.165) is 30.9 Å². The first-order valence-electron chi connectivity index (χ1n) is 7.97. The maximum Gasteiger partial charge on any atom is 0.250 e. The smallest absolute Gasteiger partial charge is 0.250 e. The monoisotopic (exact) mass is 316 g/mol. The molecule has 3 heterocycles. The third-order valence-corrected chi connectivity index (χ3v) is 4.03. The Kier molecular flexibility index (Phi) is 3.87. The Morgan fingerprint density at radius 3 is 2.74 bits per heavy atom. The summed E-state index contributed by atoms with van der Waals surface area (Å²) in [6, 6.07) is 1.64. The van der Waals surface area contributed by atoms with Gasteiger partial charge in [-0.2, -0.15) is 10.2 Å². The number of nitrogens with zero attached hydrogens (tertiary/aromatic N) is 5. The molecule has 0 unspecified atom stereocenters. The molecule has 1 amide bonds. The number of carbonyl (C=O) groups excluding carboxylic acids is 1. The lowest BCUT2D eigenvalue weighted by atomic mass is 10.0. The molecule has 0 aliphatic carbocycles. The molecule has 124 valence electrons. The zero-order valence-electron chi connectivity index (χ0n) is 14.2. The van der Waals surface area contributed by atoms with Crippen LogP contribution in [0.3, 0.4) is 0 Å². The summed E-state index contributed by atoms with van der Waals surface area (Å²) in [7, 11) is 1.86. The van der Waals surface area contributed by atoms with Gasteiger partial charge in [0.15, 0.2) is 5.82 Å². The largest absolute Gasteiger partial charge is 0.371 e. The van der Waals surface area contributed by atoms with E-state index in [2.05, 4.69) is 36.3 Å². The Morgan fingerprint density at radius 2 is 2.13 bits per heavy atom. The summed E-state index contributed by atoms with van der Waals surface area (Å²) in [5.74, 6) is 0.785. The quantitative estimate of drug-likeness (QED) is 0.940. The van der Waals surface area contributed by atoms with Crippen LogP contribution in [0.4, 0.5) is 11.5 Å². The zero-order valence-corrected chi connectivity index (χ0v) is 14.2. The van der Waals surface area contributed by atoms with E-state index >= 15 is 0 Å². The summed E-state index contributed by atoms with van der Waals surface area (Å²) >= 11 is 0. The van der Waals surface area contributed by atoms with E-state index in [9.17, 15) is 4.79 Å². The van der Waals surface area contributed by atoms with Crippen molar-refractivity contribution in [3.05, 3.63) is 24.7 Å². The number of piperidine rings is 1. The van der Waals surface area contributed by atoms with Gasteiger partial charge in [0.25, 0.3) is 5.91 Å². The molecule has 1 aliphatic heterocycles. The molecular weight excluding hydrogens is 292 g/mol. The Bertz CT molecular complexity index is 695. The fourth-order valence-electron chi connectivity index (χ4n) is 2.75. The Hall–Kier alpha value is -2.31. The minimum Gasteiger partial charge on any atom is -0.371 e. The number of carbonyl (C=O) groups is 1. The topological polar surface area (TPSA) is 68.0 Å². The van der Waals surface area contributed by atoms with E-state index in [1.807, 2.05) is 30.2 Å². The van der Waals surface area contributed by atoms with E-state index in [1.54, 1.807) is 15.8 Å². The highest BCUT2D eigenvalue weighted by atomic mass is 16.2. The summed E-state index contributed by atoms with van der Waals surface area (Å²) in [4.78, 5) is 14.5. The van der Waals surface area contributed by atoms with Crippen molar-refractivity contribution in [2.24, 2.45) is 7.05 Å². The number of nitrogens with one attached hydrogen (secondary N) is 1. The van der Waals surface area contributed by atoms with Crippen LogP contribution >= 0.6 is 0 Å². The highest BCUT2D eigenvalue weighted by Gasteiger charge is 2.31. The van der Waals surface area contributed by atoms with Crippen LogP contribution < -0.4 is 10.2 Å². The van der Waals surface area contributed by atoms with Gasteiger partial charge in [0.1, 0.15) is 6.04 Å². The van der Waals surface area contributed by atoms with Crippen molar-refractivity contribution in [3.8, 4) is 0 Å². The van der Waals surface area contributed by atoms with Crippen LogP contribution in [0.1, 0.15) is 33.6 Å². The van der Waals surface area contributed by atoms with Gasteiger partial charge in [-0.25, -0.2) is 0 Å². The molecule has 0 radical (unpaired) electrons. The molecule has 0 spiro atoms. The second kappa shape index (κ2) is 5.72. The lowest BCUT2D eigenvalue weighted by Gasteiger charge is -2.31. The van der Waals surface area contributed by atoms with Crippen LogP contribution in [-0.2, 0) is 17.4 Å². The molecule has 0 bridgehead atoms. The van der Waals surface area contributed by atoms with Crippen LogP contribution in [0, 0.1) is 0 Å². The van der Waals surface area contributed by atoms with Crippen molar-refractivity contribution in [1.82, 2.24) is 19.6 Å². The predicted octanol–water partition coefficient (Wildman–Crippen LogP) is 1.98. The molecule has 0 aromatic carbocycles. The summed E-state index contributed by atoms with van der Waals surface area (Å²) in [6.45, 7) is 7.00. The summed E-state index contributed by atoms with van der Waals surface area (Å²) in [6.07, 6.45) is 7.36. The van der Waals surface area contributed by atoms with Crippen LogP contribution in [-0.4, -0.2) is 38.1 Å². The van der Waals surface area contributed by atoms with Gasteiger partial charge in [0.05, 0.1) is 17.4 Å². The number of anilines is 2. The van der Waals surface area contributed by atoms with Crippen LogP contribution in [0.2, 0.25) is 0 Å². The van der Waals surface area contributed by atoms with Crippen LogP contribution in [0.5, 0.6) is 0 Å². The number of rotatable bonds is 3. The minimum absolute atomic E-state index is 0.0680. The third-order valence-electron chi connectivity index (χ3n) is 4.03. The lowest BCUT2D eigenvalue weighted by molar-refractivity contribution is -0.120. The fraction of sp³-hybridized carbons (Fsp3) is 0.562. The molecular formula is C16H24N6O. The second-order valence-corrected chi connectivity index (χ2v) is 7.02. The predicted molar refractivity (Wildman–Crippen MR) is 89.4 cm³/mol.